The Morgan fingerprint density at radius 3 is 2.66 bits per heavy atom. The molecule has 0 spiro atoms. The highest BCUT2D eigenvalue weighted by Gasteiger charge is 2.23. The Labute approximate surface area is 172 Å². The molecule has 3 aromatic rings. The minimum atomic E-state index is 0.0525. The first kappa shape index (κ1) is 19.2. The molecule has 1 aromatic carbocycles. The summed E-state index contributed by atoms with van der Waals surface area (Å²) in [7, 11) is 1.71. The summed E-state index contributed by atoms with van der Waals surface area (Å²) in [4.78, 5) is 16.0. The molecule has 1 N–H and O–H groups in total. The van der Waals surface area contributed by atoms with Crippen molar-refractivity contribution in [3.63, 3.8) is 0 Å². The van der Waals surface area contributed by atoms with E-state index in [9.17, 15) is 0 Å². The molecular formula is C23H27N5O. The van der Waals surface area contributed by atoms with Crippen LogP contribution in [0.2, 0.25) is 0 Å². The van der Waals surface area contributed by atoms with Crippen LogP contribution in [0.4, 0.5) is 11.6 Å². The normalized spacial score (nSPS) is 14.3. The van der Waals surface area contributed by atoms with E-state index in [1.54, 1.807) is 13.4 Å². The van der Waals surface area contributed by atoms with E-state index in [2.05, 4.69) is 70.2 Å². The Kier molecular flexibility index (Phi) is 5.34. The van der Waals surface area contributed by atoms with E-state index < -0.39 is 0 Å². The number of hydrogen-bond acceptors (Lipinski definition) is 6. The van der Waals surface area contributed by atoms with Gasteiger partial charge in [0.2, 0.25) is 0 Å². The lowest BCUT2D eigenvalue weighted by molar-refractivity contribution is 0.407. The largest absolute Gasteiger partial charge is 0.496 e. The van der Waals surface area contributed by atoms with Gasteiger partial charge >= 0.3 is 0 Å². The van der Waals surface area contributed by atoms with Crippen molar-refractivity contribution < 1.29 is 4.74 Å². The van der Waals surface area contributed by atoms with Gasteiger partial charge in [-0.3, -0.25) is 0 Å². The quantitative estimate of drug-likeness (QED) is 0.704. The van der Waals surface area contributed by atoms with Crippen LogP contribution in [0.15, 0.2) is 42.9 Å². The molecule has 0 aliphatic carbocycles. The first-order chi connectivity index (χ1) is 14.0. The molecule has 29 heavy (non-hydrogen) atoms. The van der Waals surface area contributed by atoms with Crippen molar-refractivity contribution in [2.24, 2.45) is 0 Å². The molecule has 1 aliphatic heterocycles. The molecule has 0 saturated heterocycles. The molecule has 3 heterocycles. The molecule has 0 fully saturated rings. The van der Waals surface area contributed by atoms with Crippen molar-refractivity contribution in [1.29, 1.82) is 0 Å². The third-order valence-electron chi connectivity index (χ3n) is 5.43. The van der Waals surface area contributed by atoms with Gasteiger partial charge in [-0.25, -0.2) is 15.0 Å². The van der Waals surface area contributed by atoms with Crippen LogP contribution in [0.3, 0.4) is 0 Å². The number of pyridine rings is 1. The van der Waals surface area contributed by atoms with Crippen molar-refractivity contribution in [3.05, 3.63) is 70.8 Å². The standard InChI is InChI=1S/C23H27N5O/c1-15-5-7-21(29-4)18(11-15)17(3)27-23-19-13-28(10-9-20(19)25-14-26-23)22-8-6-16(2)12-24-22/h5-8,11-12,14,17H,9-10,13H2,1-4H3,(H,25,26,27). The number of aryl methyl sites for hydroxylation is 2. The van der Waals surface area contributed by atoms with E-state index in [0.717, 1.165) is 59.3 Å². The summed E-state index contributed by atoms with van der Waals surface area (Å²) in [6.45, 7) is 7.93. The van der Waals surface area contributed by atoms with Gasteiger partial charge in [0.15, 0.2) is 0 Å². The maximum absolute atomic E-state index is 5.57. The topological polar surface area (TPSA) is 63.2 Å². The van der Waals surface area contributed by atoms with Gasteiger partial charge in [-0.15, -0.1) is 0 Å². The van der Waals surface area contributed by atoms with Crippen LogP contribution in [-0.4, -0.2) is 28.6 Å². The lowest BCUT2D eigenvalue weighted by Gasteiger charge is -2.31. The highest BCUT2D eigenvalue weighted by Crippen LogP contribution is 2.31. The number of fused-ring (bicyclic) bond motifs is 1. The first-order valence-corrected chi connectivity index (χ1v) is 9.96. The fraction of sp³-hybridized carbons (Fsp3) is 0.348. The van der Waals surface area contributed by atoms with Gasteiger partial charge in [-0.05, 0) is 38.5 Å². The zero-order chi connectivity index (χ0) is 20.4. The number of rotatable bonds is 5. The van der Waals surface area contributed by atoms with Crippen LogP contribution in [-0.2, 0) is 13.0 Å². The van der Waals surface area contributed by atoms with Crippen LogP contribution in [0.1, 0.15) is 40.9 Å². The number of benzene rings is 1. The number of aromatic nitrogens is 3. The molecule has 6 heteroatoms. The molecule has 4 rings (SSSR count). The van der Waals surface area contributed by atoms with Crippen molar-refractivity contribution in [3.8, 4) is 5.75 Å². The van der Waals surface area contributed by atoms with E-state index in [-0.39, 0.29) is 6.04 Å². The minimum absolute atomic E-state index is 0.0525. The average molecular weight is 390 g/mol. The second-order valence-electron chi connectivity index (χ2n) is 7.62. The third-order valence-corrected chi connectivity index (χ3v) is 5.43. The summed E-state index contributed by atoms with van der Waals surface area (Å²) >= 11 is 0. The molecule has 0 saturated carbocycles. The summed E-state index contributed by atoms with van der Waals surface area (Å²) in [6.07, 6.45) is 4.45. The minimum Gasteiger partial charge on any atom is -0.496 e. The first-order valence-electron chi connectivity index (χ1n) is 9.96. The van der Waals surface area contributed by atoms with E-state index >= 15 is 0 Å². The molecule has 0 radical (unpaired) electrons. The predicted octanol–water partition coefficient (Wildman–Crippen LogP) is 4.23. The number of nitrogens with zero attached hydrogens (tertiary/aromatic N) is 4. The van der Waals surface area contributed by atoms with Crippen molar-refractivity contribution in [2.45, 2.75) is 39.8 Å². The number of anilines is 2. The number of methoxy groups -OCH3 is 1. The molecule has 1 unspecified atom stereocenters. The highest BCUT2D eigenvalue weighted by molar-refractivity contribution is 5.54. The predicted molar refractivity (Wildman–Crippen MR) is 116 cm³/mol. The average Bonchev–Trinajstić information content (AvgIpc) is 2.74. The monoisotopic (exact) mass is 389 g/mol. The van der Waals surface area contributed by atoms with Crippen LogP contribution in [0.25, 0.3) is 0 Å². The molecule has 2 aromatic heterocycles. The zero-order valence-electron chi connectivity index (χ0n) is 17.4. The second-order valence-corrected chi connectivity index (χ2v) is 7.62. The number of ether oxygens (including phenoxy) is 1. The maximum atomic E-state index is 5.57. The van der Waals surface area contributed by atoms with Crippen molar-refractivity contribution in [1.82, 2.24) is 15.0 Å². The summed E-state index contributed by atoms with van der Waals surface area (Å²) in [5.74, 6) is 2.75. The van der Waals surface area contributed by atoms with Gasteiger partial charge in [0.1, 0.15) is 23.7 Å². The van der Waals surface area contributed by atoms with Gasteiger partial charge in [-0.2, -0.15) is 0 Å². The Bertz CT molecular complexity index is 1000. The molecule has 6 nitrogen and oxygen atoms in total. The van der Waals surface area contributed by atoms with Gasteiger partial charge in [0.05, 0.1) is 18.8 Å². The Morgan fingerprint density at radius 1 is 1.07 bits per heavy atom. The molecular weight excluding hydrogens is 362 g/mol. The fourth-order valence-electron chi connectivity index (χ4n) is 3.78. The number of nitrogens with one attached hydrogen (secondary N) is 1. The van der Waals surface area contributed by atoms with E-state index in [1.165, 1.54) is 5.56 Å². The van der Waals surface area contributed by atoms with Crippen molar-refractivity contribution >= 4 is 11.6 Å². The molecule has 1 aliphatic rings. The summed E-state index contributed by atoms with van der Waals surface area (Å²) in [5.41, 5.74) is 5.73. The van der Waals surface area contributed by atoms with Crippen LogP contribution in [0.5, 0.6) is 5.75 Å². The second kappa shape index (κ2) is 8.07. The molecule has 1 atom stereocenters. The maximum Gasteiger partial charge on any atom is 0.135 e. The lowest BCUT2D eigenvalue weighted by Crippen LogP contribution is -2.32. The van der Waals surface area contributed by atoms with Gasteiger partial charge in [0.25, 0.3) is 0 Å². The number of hydrogen-bond donors (Lipinski definition) is 1. The zero-order valence-corrected chi connectivity index (χ0v) is 17.4. The molecule has 0 amide bonds. The van der Waals surface area contributed by atoms with E-state index in [4.69, 9.17) is 4.74 Å². The van der Waals surface area contributed by atoms with E-state index in [1.807, 2.05) is 12.3 Å². The van der Waals surface area contributed by atoms with Crippen molar-refractivity contribution in [2.75, 3.05) is 23.9 Å². The van der Waals surface area contributed by atoms with Crippen LogP contribution < -0.4 is 15.0 Å². The summed E-state index contributed by atoms with van der Waals surface area (Å²) < 4.78 is 5.57. The summed E-state index contributed by atoms with van der Waals surface area (Å²) in [5, 5.41) is 3.59. The Morgan fingerprint density at radius 2 is 1.90 bits per heavy atom. The fourth-order valence-corrected chi connectivity index (χ4v) is 3.78. The van der Waals surface area contributed by atoms with E-state index in [0.29, 0.717) is 0 Å². The highest BCUT2D eigenvalue weighted by atomic mass is 16.5. The Hall–Kier alpha value is -3.15. The summed E-state index contributed by atoms with van der Waals surface area (Å²) in [6, 6.07) is 10.5. The smallest absolute Gasteiger partial charge is 0.135 e. The van der Waals surface area contributed by atoms with Crippen LogP contribution >= 0.6 is 0 Å². The van der Waals surface area contributed by atoms with Crippen LogP contribution in [0, 0.1) is 13.8 Å². The molecule has 0 bridgehead atoms. The molecule has 150 valence electrons. The van der Waals surface area contributed by atoms with Gasteiger partial charge in [-0.1, -0.05) is 23.8 Å². The SMILES string of the molecule is COc1ccc(C)cc1C(C)Nc1ncnc2c1CN(c1ccc(C)cn1)CC2. The van der Waals surface area contributed by atoms with Gasteiger partial charge < -0.3 is 15.0 Å². The van der Waals surface area contributed by atoms with Gasteiger partial charge in [0, 0.05) is 36.8 Å². The lowest BCUT2D eigenvalue weighted by atomic mass is 10.0. The third kappa shape index (κ3) is 4.01. The Balaban J connectivity index is 1.60.